The molecule has 6 rings (SSSR count). The lowest BCUT2D eigenvalue weighted by atomic mass is 9.81. The second-order valence-corrected chi connectivity index (χ2v) is 12.5. The summed E-state index contributed by atoms with van der Waals surface area (Å²) < 4.78 is 21.8. The number of carbonyl (C=O) groups is 3. The van der Waals surface area contributed by atoms with Crippen molar-refractivity contribution in [2.45, 2.75) is 84.2 Å². The van der Waals surface area contributed by atoms with Crippen molar-refractivity contribution in [2.75, 3.05) is 6.54 Å². The minimum atomic E-state index is -1.99. The van der Waals surface area contributed by atoms with Crippen molar-refractivity contribution >= 4 is 28.9 Å². The normalized spacial score (nSPS) is 20.3. The summed E-state index contributed by atoms with van der Waals surface area (Å²) in [5.74, 6) is -1.74. The van der Waals surface area contributed by atoms with Crippen LogP contribution < -0.4 is 10.9 Å². The zero-order valence-electron chi connectivity index (χ0n) is 24.6. The Labute approximate surface area is 246 Å². The van der Waals surface area contributed by atoms with Gasteiger partial charge in [-0.25, -0.2) is 19.0 Å². The molecule has 2 amide bonds. The molecule has 12 heteroatoms. The van der Waals surface area contributed by atoms with Crippen LogP contribution >= 0.6 is 0 Å². The van der Waals surface area contributed by atoms with Crippen molar-refractivity contribution < 1.29 is 33.7 Å². The number of esters is 1. The molecule has 3 aliphatic rings. The van der Waals surface area contributed by atoms with Crippen LogP contribution in [0.2, 0.25) is 0 Å². The highest BCUT2D eigenvalue weighted by atomic mass is 19.1. The number of hydrogen-bond acceptors (Lipinski definition) is 7. The van der Waals surface area contributed by atoms with E-state index >= 15 is 4.39 Å². The SMILES string of the molecule is CC[C@@]1(O)C(=O)OCc2c1cc1n(c2=O)Cc2c-1nc1cc(F)c(C)c3c1c2[C@@H](NC(=O)CN(C(=O)O)C(C)(C)C)CC3. The minimum Gasteiger partial charge on any atom is -0.465 e. The molecule has 226 valence electrons. The van der Waals surface area contributed by atoms with E-state index in [2.05, 4.69) is 5.32 Å². The number of nitrogens with zero attached hydrogens (tertiary/aromatic N) is 3. The van der Waals surface area contributed by atoms with E-state index in [0.29, 0.717) is 51.8 Å². The molecule has 3 N–H and O–H groups in total. The molecule has 3 aromatic rings. The van der Waals surface area contributed by atoms with Gasteiger partial charge < -0.3 is 24.8 Å². The van der Waals surface area contributed by atoms with Gasteiger partial charge in [-0.2, -0.15) is 0 Å². The van der Waals surface area contributed by atoms with Crippen LogP contribution in [0, 0.1) is 12.7 Å². The molecule has 11 nitrogen and oxygen atoms in total. The summed E-state index contributed by atoms with van der Waals surface area (Å²) in [6.07, 6.45) is -0.334. The highest BCUT2D eigenvalue weighted by Gasteiger charge is 2.46. The maximum atomic E-state index is 15.1. The molecular weight excluding hydrogens is 559 g/mol. The number of benzene rings is 1. The van der Waals surface area contributed by atoms with Crippen molar-refractivity contribution in [2.24, 2.45) is 0 Å². The smallest absolute Gasteiger partial charge is 0.408 e. The Morgan fingerprint density at radius 3 is 2.60 bits per heavy atom. The molecule has 0 unspecified atom stereocenters. The highest BCUT2D eigenvalue weighted by molar-refractivity contribution is 5.94. The molecule has 0 fully saturated rings. The second kappa shape index (κ2) is 9.60. The monoisotopic (exact) mass is 592 g/mol. The Bertz CT molecular complexity index is 1830. The first-order chi connectivity index (χ1) is 20.2. The van der Waals surface area contributed by atoms with E-state index in [4.69, 9.17) is 9.72 Å². The van der Waals surface area contributed by atoms with Crippen LogP contribution in [0.15, 0.2) is 16.9 Å². The van der Waals surface area contributed by atoms with Gasteiger partial charge in [-0.05, 0) is 69.7 Å². The Hall–Kier alpha value is -4.32. The van der Waals surface area contributed by atoms with E-state index in [1.807, 2.05) is 0 Å². The molecule has 1 aliphatic carbocycles. The number of halogens is 1. The first-order valence-corrected chi connectivity index (χ1v) is 14.3. The number of cyclic esters (lactones) is 1. The molecule has 0 spiro atoms. The first-order valence-electron chi connectivity index (χ1n) is 14.3. The fraction of sp³-hybridized carbons (Fsp3) is 0.452. The van der Waals surface area contributed by atoms with Gasteiger partial charge in [0, 0.05) is 28.1 Å². The molecule has 43 heavy (non-hydrogen) atoms. The molecule has 0 radical (unpaired) electrons. The number of aliphatic hydroxyl groups is 1. The van der Waals surface area contributed by atoms with Gasteiger partial charge in [0.05, 0.1) is 35.1 Å². The second-order valence-electron chi connectivity index (χ2n) is 12.5. The topological polar surface area (TPSA) is 151 Å². The fourth-order valence-electron chi connectivity index (χ4n) is 6.67. The lowest BCUT2D eigenvalue weighted by Gasteiger charge is -2.34. The molecule has 2 atom stereocenters. The number of nitrogens with one attached hydrogen (secondary N) is 1. The number of rotatable bonds is 4. The first kappa shape index (κ1) is 28.8. The van der Waals surface area contributed by atoms with Gasteiger partial charge in [-0.1, -0.05) is 6.92 Å². The summed E-state index contributed by atoms with van der Waals surface area (Å²) in [7, 11) is 0. The third-order valence-electron chi connectivity index (χ3n) is 9.06. The quantitative estimate of drug-likeness (QED) is 0.305. The number of hydrogen-bond donors (Lipinski definition) is 3. The molecule has 2 aromatic heterocycles. The van der Waals surface area contributed by atoms with Crippen LogP contribution in [0.4, 0.5) is 9.18 Å². The molecule has 2 aliphatic heterocycles. The van der Waals surface area contributed by atoms with E-state index < -0.39 is 46.5 Å². The lowest BCUT2D eigenvalue weighted by molar-refractivity contribution is -0.172. The van der Waals surface area contributed by atoms with Gasteiger partial charge in [0.15, 0.2) is 5.60 Å². The molecule has 0 saturated carbocycles. The Kier molecular flexibility index (Phi) is 6.42. The largest absolute Gasteiger partial charge is 0.465 e. The van der Waals surface area contributed by atoms with Crippen LogP contribution in [0.3, 0.4) is 0 Å². The summed E-state index contributed by atoms with van der Waals surface area (Å²) in [4.78, 5) is 57.4. The average Bonchev–Trinajstić information content (AvgIpc) is 3.31. The van der Waals surface area contributed by atoms with Crippen molar-refractivity contribution in [3.8, 4) is 11.4 Å². The number of carboxylic acid groups (broad SMARTS) is 1. The molecule has 1 aromatic carbocycles. The number of ether oxygens (including phenoxy) is 1. The number of aryl methyl sites for hydroxylation is 1. The van der Waals surface area contributed by atoms with E-state index in [0.717, 1.165) is 10.5 Å². The summed E-state index contributed by atoms with van der Waals surface area (Å²) in [6, 6.07) is 2.37. The Balaban J connectivity index is 1.53. The third kappa shape index (κ3) is 4.21. The molecule has 0 bridgehead atoms. The van der Waals surface area contributed by atoms with Crippen LogP contribution in [0.1, 0.15) is 80.0 Å². The zero-order chi connectivity index (χ0) is 31.2. The van der Waals surface area contributed by atoms with Gasteiger partial charge in [0.25, 0.3) is 5.56 Å². The van der Waals surface area contributed by atoms with E-state index in [9.17, 15) is 29.4 Å². The number of aromatic nitrogens is 2. The third-order valence-corrected chi connectivity index (χ3v) is 9.06. The van der Waals surface area contributed by atoms with E-state index in [-0.39, 0.29) is 37.2 Å². The minimum absolute atomic E-state index is 0.00510. The van der Waals surface area contributed by atoms with Gasteiger partial charge in [-0.15, -0.1) is 0 Å². The average molecular weight is 593 g/mol. The van der Waals surface area contributed by atoms with Crippen LogP contribution in [-0.2, 0) is 39.5 Å². The lowest BCUT2D eigenvalue weighted by Crippen LogP contribution is -2.50. The predicted molar refractivity (Wildman–Crippen MR) is 153 cm³/mol. The standard InChI is InChI=1S/C31H33FN4O7/c1-6-31(42)18-9-22-26-16(11-35(22)27(38)17(18)13-43-28(31)39)25-20(33-23(37)12-36(29(40)41)30(3,4)5)8-7-15-14(2)19(32)10-21(34-26)24(15)25/h9-10,20,42H,6-8,11-13H2,1-5H3,(H,33,37)(H,40,41)/t20-,31-/m0/s1. The van der Waals surface area contributed by atoms with Gasteiger partial charge in [0.2, 0.25) is 5.91 Å². The zero-order valence-corrected chi connectivity index (χ0v) is 24.6. The molecular formula is C31H33FN4O7. The van der Waals surface area contributed by atoms with Gasteiger partial charge in [-0.3, -0.25) is 14.5 Å². The van der Waals surface area contributed by atoms with Crippen LogP contribution in [0.25, 0.3) is 22.3 Å². The number of carbonyl (C=O) groups excluding carboxylic acids is 2. The van der Waals surface area contributed by atoms with Crippen LogP contribution in [0.5, 0.6) is 0 Å². The summed E-state index contributed by atoms with van der Waals surface area (Å²) >= 11 is 0. The summed E-state index contributed by atoms with van der Waals surface area (Å²) in [6.45, 7) is 7.89. The number of amides is 2. The maximum absolute atomic E-state index is 15.1. The number of pyridine rings is 2. The molecule has 4 heterocycles. The van der Waals surface area contributed by atoms with E-state index in [1.54, 1.807) is 40.7 Å². The van der Waals surface area contributed by atoms with Crippen molar-refractivity contribution in [1.82, 2.24) is 19.8 Å². The van der Waals surface area contributed by atoms with Crippen LogP contribution in [-0.4, -0.2) is 54.7 Å². The van der Waals surface area contributed by atoms with Crippen molar-refractivity contribution in [3.63, 3.8) is 0 Å². The van der Waals surface area contributed by atoms with Gasteiger partial charge >= 0.3 is 12.1 Å². The van der Waals surface area contributed by atoms with E-state index in [1.165, 1.54) is 10.6 Å². The van der Waals surface area contributed by atoms with Crippen molar-refractivity contribution in [3.05, 3.63) is 61.7 Å². The molecule has 0 saturated heterocycles. The Morgan fingerprint density at radius 2 is 1.95 bits per heavy atom. The summed E-state index contributed by atoms with van der Waals surface area (Å²) in [5.41, 5.74) is 0.882. The Morgan fingerprint density at radius 1 is 1.23 bits per heavy atom. The summed E-state index contributed by atoms with van der Waals surface area (Å²) in [5, 5.41) is 24.6. The van der Waals surface area contributed by atoms with Gasteiger partial charge in [0.1, 0.15) is 19.0 Å². The maximum Gasteiger partial charge on any atom is 0.408 e. The fourth-order valence-corrected chi connectivity index (χ4v) is 6.67. The number of fused-ring (bicyclic) bond motifs is 5. The predicted octanol–water partition coefficient (Wildman–Crippen LogP) is 3.41. The highest BCUT2D eigenvalue weighted by Crippen LogP contribution is 2.46. The van der Waals surface area contributed by atoms with Crippen molar-refractivity contribution in [1.29, 1.82) is 0 Å².